The average molecular weight is 417 g/mol. The van der Waals surface area contributed by atoms with Crippen LogP contribution in [-0.2, 0) is 0 Å². The molecule has 1 heterocycles. The normalized spacial score (nSPS) is 16.4. The molecule has 0 radical (unpaired) electrons. The third-order valence-electron chi connectivity index (χ3n) is 4.93. The zero-order valence-electron chi connectivity index (χ0n) is 15.6. The molecule has 0 spiro atoms. The van der Waals surface area contributed by atoms with Crippen LogP contribution in [-0.4, -0.2) is 12.1 Å². The maximum absolute atomic E-state index is 14.0. The van der Waals surface area contributed by atoms with Crippen molar-refractivity contribution in [2.24, 2.45) is 4.99 Å². The molecule has 0 fully saturated rings. The van der Waals surface area contributed by atoms with Crippen LogP contribution in [0.15, 0.2) is 71.7 Å². The van der Waals surface area contributed by atoms with Crippen molar-refractivity contribution in [3.05, 3.63) is 89.5 Å². The Labute approximate surface area is 169 Å². The zero-order valence-corrected chi connectivity index (χ0v) is 15.6. The van der Waals surface area contributed by atoms with Crippen molar-refractivity contribution in [2.75, 3.05) is 0 Å². The van der Waals surface area contributed by atoms with Gasteiger partial charge in [-0.1, -0.05) is 42.5 Å². The Bertz CT molecular complexity index is 1050. The molecule has 1 aliphatic heterocycles. The fourth-order valence-electron chi connectivity index (χ4n) is 3.54. The van der Waals surface area contributed by atoms with Gasteiger partial charge in [0.15, 0.2) is 0 Å². The minimum atomic E-state index is -4.73. The van der Waals surface area contributed by atoms with Gasteiger partial charge in [0.05, 0.1) is 11.6 Å². The van der Waals surface area contributed by atoms with Crippen LogP contribution < -0.4 is 4.74 Å². The van der Waals surface area contributed by atoms with E-state index in [9.17, 15) is 22.0 Å². The average Bonchev–Trinajstić information content (AvgIpc) is 3.17. The van der Waals surface area contributed by atoms with Gasteiger partial charge in [-0.15, -0.1) is 13.2 Å². The number of rotatable bonds is 4. The van der Waals surface area contributed by atoms with Crippen LogP contribution in [0, 0.1) is 11.6 Å². The summed E-state index contributed by atoms with van der Waals surface area (Å²) in [5.41, 5.74) is 2.81. The molecule has 7 heteroatoms. The lowest BCUT2D eigenvalue weighted by Gasteiger charge is -2.10. The van der Waals surface area contributed by atoms with E-state index >= 15 is 0 Å². The van der Waals surface area contributed by atoms with E-state index in [0.29, 0.717) is 18.6 Å². The molecule has 0 unspecified atom stereocenters. The summed E-state index contributed by atoms with van der Waals surface area (Å²) < 4.78 is 68.7. The summed E-state index contributed by atoms with van der Waals surface area (Å²) in [5.74, 6) is -1.53. The highest BCUT2D eigenvalue weighted by atomic mass is 19.4. The Hall–Kier alpha value is -3.22. The van der Waals surface area contributed by atoms with E-state index < -0.39 is 18.0 Å². The smallest absolute Gasteiger partial charge is 0.406 e. The number of hydrogen-bond donors (Lipinski definition) is 0. The number of halogens is 5. The highest BCUT2D eigenvalue weighted by molar-refractivity contribution is 6.02. The van der Waals surface area contributed by atoms with E-state index in [-0.39, 0.29) is 17.4 Å². The first kappa shape index (κ1) is 20.1. The van der Waals surface area contributed by atoms with E-state index in [4.69, 9.17) is 0 Å². The zero-order chi connectivity index (χ0) is 21.3. The second-order valence-electron chi connectivity index (χ2n) is 6.92. The number of alkyl halides is 3. The molecule has 0 N–H and O–H groups in total. The van der Waals surface area contributed by atoms with Gasteiger partial charge >= 0.3 is 6.36 Å². The van der Waals surface area contributed by atoms with Crippen LogP contribution in [0.4, 0.5) is 22.0 Å². The van der Waals surface area contributed by atoms with Gasteiger partial charge in [0, 0.05) is 5.71 Å². The third kappa shape index (κ3) is 4.35. The molecular weight excluding hydrogens is 401 g/mol. The van der Waals surface area contributed by atoms with Gasteiger partial charge in [-0.2, -0.15) is 0 Å². The molecule has 30 heavy (non-hydrogen) atoms. The molecule has 3 aromatic carbocycles. The third-order valence-corrected chi connectivity index (χ3v) is 4.93. The van der Waals surface area contributed by atoms with Crippen molar-refractivity contribution in [3.8, 4) is 16.9 Å². The van der Waals surface area contributed by atoms with Crippen LogP contribution in [0.3, 0.4) is 0 Å². The summed E-state index contributed by atoms with van der Waals surface area (Å²) in [4.78, 5) is 4.51. The minimum absolute atomic E-state index is 0.0715. The first-order chi connectivity index (χ1) is 14.3. The quantitative estimate of drug-likeness (QED) is 0.425. The van der Waals surface area contributed by atoms with Gasteiger partial charge in [-0.05, 0) is 53.8 Å². The predicted molar refractivity (Wildman–Crippen MR) is 103 cm³/mol. The molecule has 0 saturated carbocycles. The topological polar surface area (TPSA) is 21.6 Å². The molecule has 4 rings (SSSR count). The lowest BCUT2D eigenvalue weighted by molar-refractivity contribution is -0.274. The van der Waals surface area contributed by atoms with Crippen molar-refractivity contribution < 1.29 is 26.7 Å². The van der Waals surface area contributed by atoms with Gasteiger partial charge in [0.2, 0.25) is 0 Å². The maximum Gasteiger partial charge on any atom is 0.573 e. The summed E-state index contributed by atoms with van der Waals surface area (Å²) >= 11 is 0. The first-order valence-electron chi connectivity index (χ1n) is 9.27. The van der Waals surface area contributed by atoms with Gasteiger partial charge in [-0.3, -0.25) is 4.99 Å². The van der Waals surface area contributed by atoms with Gasteiger partial charge in [0.1, 0.15) is 17.4 Å². The summed E-state index contributed by atoms with van der Waals surface area (Å²) in [6.45, 7) is 0. The van der Waals surface area contributed by atoms with Gasteiger partial charge in [0.25, 0.3) is 0 Å². The van der Waals surface area contributed by atoms with Crippen LogP contribution in [0.2, 0.25) is 0 Å². The molecule has 2 nitrogen and oxygen atoms in total. The van der Waals surface area contributed by atoms with Crippen LogP contribution in [0.5, 0.6) is 5.75 Å². The van der Waals surface area contributed by atoms with Crippen LogP contribution >= 0.6 is 0 Å². The number of aliphatic imine (C=N–C) groups is 1. The summed E-state index contributed by atoms with van der Waals surface area (Å²) in [6.07, 6.45) is -3.60. The Morgan fingerprint density at radius 1 is 0.800 bits per heavy atom. The van der Waals surface area contributed by atoms with Crippen molar-refractivity contribution in [1.29, 1.82) is 0 Å². The predicted octanol–water partition coefficient (Wildman–Crippen LogP) is 6.85. The van der Waals surface area contributed by atoms with E-state index in [2.05, 4.69) is 9.73 Å². The van der Waals surface area contributed by atoms with Crippen LogP contribution in [0.25, 0.3) is 11.1 Å². The van der Waals surface area contributed by atoms with Crippen molar-refractivity contribution in [3.63, 3.8) is 0 Å². The molecule has 0 aromatic heterocycles. The van der Waals surface area contributed by atoms with Crippen molar-refractivity contribution >= 4 is 5.71 Å². The largest absolute Gasteiger partial charge is 0.573 e. The Kier molecular flexibility index (Phi) is 5.28. The lowest BCUT2D eigenvalue weighted by atomic mass is 9.99. The van der Waals surface area contributed by atoms with Crippen molar-refractivity contribution in [2.45, 2.75) is 25.2 Å². The first-order valence-corrected chi connectivity index (χ1v) is 9.27. The fraction of sp³-hybridized carbons (Fsp3) is 0.174. The van der Waals surface area contributed by atoms with E-state index in [1.165, 1.54) is 30.3 Å². The molecule has 154 valence electrons. The second-order valence-corrected chi connectivity index (χ2v) is 6.92. The van der Waals surface area contributed by atoms with Gasteiger partial charge < -0.3 is 4.74 Å². The SMILES string of the molecule is Fc1cccc(F)c1C1=N[C@H](c2ccc(-c3ccc(OC(F)(F)F)cc3)cc2)CC1. The summed E-state index contributed by atoms with van der Waals surface area (Å²) in [5, 5.41) is 0. The molecule has 1 atom stereocenters. The molecule has 0 bridgehead atoms. The molecule has 0 aliphatic carbocycles. The Morgan fingerprint density at radius 3 is 1.93 bits per heavy atom. The number of ether oxygens (including phenoxy) is 1. The summed E-state index contributed by atoms with van der Waals surface area (Å²) in [7, 11) is 0. The monoisotopic (exact) mass is 417 g/mol. The second kappa shape index (κ2) is 7.89. The highest BCUT2D eigenvalue weighted by Gasteiger charge is 2.31. The standard InChI is InChI=1S/C23H16F5NO/c24-18-2-1-3-19(25)22(18)21-13-12-20(29-21)16-6-4-14(5-7-16)15-8-10-17(11-9-15)30-23(26,27)28/h1-11,20H,12-13H2/t20-/m0/s1. The Morgan fingerprint density at radius 2 is 1.37 bits per heavy atom. The van der Waals surface area contributed by atoms with E-state index in [1.807, 2.05) is 24.3 Å². The van der Waals surface area contributed by atoms with E-state index in [0.717, 1.165) is 16.7 Å². The number of benzene rings is 3. The number of nitrogens with zero attached hydrogens (tertiary/aromatic N) is 1. The highest BCUT2D eigenvalue weighted by Crippen LogP contribution is 2.34. The molecule has 3 aromatic rings. The minimum Gasteiger partial charge on any atom is -0.406 e. The molecule has 1 aliphatic rings. The van der Waals surface area contributed by atoms with Crippen LogP contribution in [0.1, 0.15) is 30.0 Å². The lowest BCUT2D eigenvalue weighted by Crippen LogP contribution is -2.16. The maximum atomic E-state index is 14.0. The molecule has 0 saturated heterocycles. The molecule has 0 amide bonds. The van der Waals surface area contributed by atoms with E-state index in [1.54, 1.807) is 12.1 Å². The Balaban J connectivity index is 1.51. The summed E-state index contributed by atoms with van der Waals surface area (Å²) in [6, 6.07) is 16.6. The molecular formula is C23H16F5NO. The van der Waals surface area contributed by atoms with Crippen molar-refractivity contribution in [1.82, 2.24) is 0 Å². The van der Waals surface area contributed by atoms with Gasteiger partial charge in [-0.25, -0.2) is 8.78 Å². The number of hydrogen-bond acceptors (Lipinski definition) is 2. The fourth-order valence-corrected chi connectivity index (χ4v) is 3.54.